The summed E-state index contributed by atoms with van der Waals surface area (Å²) in [5, 5.41) is 10.3. The predicted octanol–water partition coefficient (Wildman–Crippen LogP) is 2.28. The second-order valence-corrected chi connectivity index (χ2v) is 5.46. The van der Waals surface area contributed by atoms with Crippen LogP contribution in [0.25, 0.3) is 0 Å². The van der Waals surface area contributed by atoms with Crippen LogP contribution in [-0.2, 0) is 4.74 Å². The van der Waals surface area contributed by atoms with Crippen molar-refractivity contribution < 1.29 is 14.2 Å². The Morgan fingerprint density at radius 2 is 2.21 bits per heavy atom. The van der Waals surface area contributed by atoms with Gasteiger partial charge in [0.2, 0.25) is 0 Å². The van der Waals surface area contributed by atoms with E-state index in [4.69, 9.17) is 4.74 Å². The maximum atomic E-state index is 13.1. The average Bonchev–Trinajstić information content (AvgIpc) is 2.33. The number of aryl methyl sites for hydroxylation is 1. The van der Waals surface area contributed by atoms with E-state index in [2.05, 4.69) is 11.8 Å². The Kier molecular flexibility index (Phi) is 4.55. The van der Waals surface area contributed by atoms with Gasteiger partial charge in [-0.05, 0) is 44.0 Å². The number of aliphatic hydroxyl groups is 1. The summed E-state index contributed by atoms with van der Waals surface area (Å²) in [5.74, 6) is -0.262. The highest BCUT2D eigenvalue weighted by Gasteiger charge is 2.26. The average molecular weight is 267 g/mol. The Hall–Kier alpha value is -0.970. The fourth-order valence-electron chi connectivity index (χ4n) is 2.56. The Morgan fingerprint density at radius 1 is 1.47 bits per heavy atom. The zero-order valence-corrected chi connectivity index (χ0v) is 11.8. The fraction of sp³-hybridized carbons (Fsp3) is 0.600. The SMILES string of the molecule is Cc1cc(F)ccc1C(O)CN1CC(C)OCC1C. The molecule has 0 spiro atoms. The van der Waals surface area contributed by atoms with Crippen LogP contribution >= 0.6 is 0 Å². The molecule has 0 amide bonds. The Labute approximate surface area is 114 Å². The smallest absolute Gasteiger partial charge is 0.123 e. The first-order valence-electron chi connectivity index (χ1n) is 6.77. The van der Waals surface area contributed by atoms with E-state index in [1.165, 1.54) is 12.1 Å². The minimum Gasteiger partial charge on any atom is -0.387 e. The number of rotatable bonds is 3. The van der Waals surface area contributed by atoms with Gasteiger partial charge in [-0.3, -0.25) is 4.90 Å². The van der Waals surface area contributed by atoms with Crippen molar-refractivity contribution >= 4 is 0 Å². The van der Waals surface area contributed by atoms with Gasteiger partial charge < -0.3 is 9.84 Å². The zero-order chi connectivity index (χ0) is 14.0. The third-order valence-corrected chi connectivity index (χ3v) is 3.74. The molecule has 3 nitrogen and oxygen atoms in total. The van der Waals surface area contributed by atoms with Gasteiger partial charge in [0.25, 0.3) is 0 Å². The Balaban J connectivity index is 2.05. The second-order valence-electron chi connectivity index (χ2n) is 5.46. The molecule has 1 aliphatic heterocycles. The fourth-order valence-corrected chi connectivity index (χ4v) is 2.56. The summed E-state index contributed by atoms with van der Waals surface area (Å²) >= 11 is 0. The first kappa shape index (κ1) is 14.4. The molecule has 4 heteroatoms. The van der Waals surface area contributed by atoms with Gasteiger partial charge in [-0.15, -0.1) is 0 Å². The predicted molar refractivity (Wildman–Crippen MR) is 72.5 cm³/mol. The van der Waals surface area contributed by atoms with Crippen LogP contribution in [0.1, 0.15) is 31.1 Å². The van der Waals surface area contributed by atoms with Gasteiger partial charge in [-0.1, -0.05) is 6.07 Å². The lowest BCUT2D eigenvalue weighted by molar-refractivity contribution is -0.0620. The van der Waals surface area contributed by atoms with Gasteiger partial charge in [-0.25, -0.2) is 4.39 Å². The van der Waals surface area contributed by atoms with Crippen molar-refractivity contribution in [3.63, 3.8) is 0 Å². The molecule has 3 atom stereocenters. The van der Waals surface area contributed by atoms with Crippen LogP contribution in [-0.4, -0.2) is 41.8 Å². The van der Waals surface area contributed by atoms with Crippen LogP contribution in [0.2, 0.25) is 0 Å². The van der Waals surface area contributed by atoms with Crippen LogP contribution in [0, 0.1) is 12.7 Å². The molecule has 1 aromatic rings. The topological polar surface area (TPSA) is 32.7 Å². The standard InChI is InChI=1S/C15H22FNO2/c1-10-6-13(16)4-5-14(10)15(18)8-17-7-12(3)19-9-11(17)2/h4-6,11-12,15,18H,7-9H2,1-3H3. The van der Waals surface area contributed by atoms with E-state index in [-0.39, 0.29) is 11.9 Å². The number of hydrogen-bond acceptors (Lipinski definition) is 3. The Morgan fingerprint density at radius 3 is 2.89 bits per heavy atom. The molecule has 3 unspecified atom stereocenters. The number of aliphatic hydroxyl groups excluding tert-OH is 1. The quantitative estimate of drug-likeness (QED) is 0.912. The minimum absolute atomic E-state index is 0.192. The lowest BCUT2D eigenvalue weighted by Crippen LogP contribution is -2.48. The van der Waals surface area contributed by atoms with E-state index in [9.17, 15) is 9.50 Å². The number of halogens is 1. The Bertz CT molecular complexity index is 438. The van der Waals surface area contributed by atoms with E-state index < -0.39 is 6.10 Å². The molecule has 0 aliphatic carbocycles. The lowest BCUT2D eigenvalue weighted by atomic mass is 10.0. The molecule has 19 heavy (non-hydrogen) atoms. The molecule has 106 valence electrons. The second kappa shape index (κ2) is 5.99. The first-order chi connectivity index (χ1) is 8.97. The third-order valence-electron chi connectivity index (χ3n) is 3.74. The van der Waals surface area contributed by atoms with Gasteiger partial charge in [-0.2, -0.15) is 0 Å². The maximum Gasteiger partial charge on any atom is 0.123 e. The number of benzene rings is 1. The van der Waals surface area contributed by atoms with E-state index in [0.717, 1.165) is 17.7 Å². The largest absolute Gasteiger partial charge is 0.387 e. The first-order valence-corrected chi connectivity index (χ1v) is 6.77. The van der Waals surface area contributed by atoms with Crippen molar-refractivity contribution in [1.29, 1.82) is 0 Å². The molecule has 1 N–H and O–H groups in total. The molecule has 1 heterocycles. The van der Waals surface area contributed by atoms with E-state index in [1.807, 2.05) is 13.8 Å². The monoisotopic (exact) mass is 267 g/mol. The van der Waals surface area contributed by atoms with E-state index in [0.29, 0.717) is 19.2 Å². The van der Waals surface area contributed by atoms with Crippen LogP contribution in [0.15, 0.2) is 18.2 Å². The molecule has 2 rings (SSSR count). The molecule has 1 fully saturated rings. The molecule has 0 radical (unpaired) electrons. The van der Waals surface area contributed by atoms with Crippen LogP contribution < -0.4 is 0 Å². The zero-order valence-electron chi connectivity index (χ0n) is 11.8. The molecule has 1 aromatic carbocycles. The molecule has 0 saturated carbocycles. The summed E-state index contributed by atoms with van der Waals surface area (Å²) in [6, 6.07) is 4.83. The van der Waals surface area contributed by atoms with Crippen molar-refractivity contribution in [2.24, 2.45) is 0 Å². The van der Waals surface area contributed by atoms with Crippen molar-refractivity contribution in [2.75, 3.05) is 19.7 Å². The molecule has 1 aliphatic rings. The summed E-state index contributed by atoms with van der Waals surface area (Å²) in [6.07, 6.45) is -0.397. The molecule has 0 aromatic heterocycles. The summed E-state index contributed by atoms with van der Waals surface area (Å²) < 4.78 is 18.6. The summed E-state index contributed by atoms with van der Waals surface area (Å²) in [5.41, 5.74) is 1.59. The highest BCUT2D eigenvalue weighted by Crippen LogP contribution is 2.22. The highest BCUT2D eigenvalue weighted by molar-refractivity contribution is 5.28. The van der Waals surface area contributed by atoms with Crippen LogP contribution in [0.5, 0.6) is 0 Å². The van der Waals surface area contributed by atoms with Crippen molar-refractivity contribution in [1.82, 2.24) is 4.90 Å². The number of hydrogen-bond donors (Lipinski definition) is 1. The number of morpholine rings is 1. The molecule has 1 saturated heterocycles. The summed E-state index contributed by atoms with van der Waals surface area (Å²) in [7, 11) is 0. The van der Waals surface area contributed by atoms with E-state index >= 15 is 0 Å². The van der Waals surface area contributed by atoms with Crippen LogP contribution in [0.4, 0.5) is 4.39 Å². The van der Waals surface area contributed by atoms with E-state index in [1.54, 1.807) is 6.07 Å². The van der Waals surface area contributed by atoms with Gasteiger partial charge in [0.05, 0.1) is 18.8 Å². The minimum atomic E-state index is -0.589. The maximum absolute atomic E-state index is 13.1. The molecule has 0 bridgehead atoms. The van der Waals surface area contributed by atoms with Crippen LogP contribution in [0.3, 0.4) is 0 Å². The molecular formula is C15H22FNO2. The summed E-state index contributed by atoms with van der Waals surface area (Å²) in [6.45, 7) is 8.02. The normalized spacial score (nSPS) is 26.4. The van der Waals surface area contributed by atoms with Crippen molar-refractivity contribution in [2.45, 2.75) is 39.0 Å². The van der Waals surface area contributed by atoms with Gasteiger partial charge >= 0.3 is 0 Å². The van der Waals surface area contributed by atoms with Gasteiger partial charge in [0.1, 0.15) is 5.82 Å². The van der Waals surface area contributed by atoms with Gasteiger partial charge in [0.15, 0.2) is 0 Å². The number of β-amino-alcohol motifs (C(OH)–C–C–N with tert-alkyl or cyclic N) is 1. The highest BCUT2D eigenvalue weighted by atomic mass is 19.1. The number of nitrogens with zero attached hydrogens (tertiary/aromatic N) is 1. The number of ether oxygens (including phenoxy) is 1. The lowest BCUT2D eigenvalue weighted by Gasteiger charge is -2.38. The summed E-state index contributed by atoms with van der Waals surface area (Å²) in [4.78, 5) is 2.22. The molecular weight excluding hydrogens is 245 g/mol. The van der Waals surface area contributed by atoms with Crippen molar-refractivity contribution in [3.8, 4) is 0 Å². The van der Waals surface area contributed by atoms with Gasteiger partial charge in [0, 0.05) is 19.1 Å². The van der Waals surface area contributed by atoms with Crippen molar-refractivity contribution in [3.05, 3.63) is 35.1 Å². The third kappa shape index (κ3) is 3.53.